The molecule has 0 aromatic carbocycles. The first-order valence-electron chi connectivity index (χ1n) is 20.3. The molecule has 6 heteroatoms. The van der Waals surface area contributed by atoms with E-state index in [0.717, 1.165) is 83.5 Å². The van der Waals surface area contributed by atoms with Crippen molar-refractivity contribution < 1.29 is 28.6 Å². The maximum atomic E-state index is 12.6. The maximum Gasteiger partial charge on any atom is 0.306 e. The molecular weight excluding hydrogens is 624 g/mol. The van der Waals surface area contributed by atoms with Gasteiger partial charge in [-0.25, -0.2) is 0 Å². The Bertz CT molecular complexity index is 944. The molecule has 0 aliphatic rings. The van der Waals surface area contributed by atoms with Crippen LogP contribution in [-0.2, 0) is 28.6 Å². The van der Waals surface area contributed by atoms with Crippen LogP contribution in [0.4, 0.5) is 0 Å². The second-order valence-electron chi connectivity index (χ2n) is 13.2. The van der Waals surface area contributed by atoms with Crippen molar-refractivity contribution in [1.29, 1.82) is 0 Å². The van der Waals surface area contributed by atoms with Crippen molar-refractivity contribution in [3.05, 3.63) is 60.8 Å². The van der Waals surface area contributed by atoms with Crippen molar-refractivity contribution in [2.24, 2.45) is 0 Å². The van der Waals surface area contributed by atoms with E-state index in [4.69, 9.17) is 14.2 Å². The lowest BCUT2D eigenvalue weighted by atomic mass is 10.1. The third-order valence-corrected chi connectivity index (χ3v) is 8.25. The smallest absolute Gasteiger partial charge is 0.306 e. The van der Waals surface area contributed by atoms with E-state index >= 15 is 0 Å². The molecule has 0 aromatic heterocycles. The molecule has 1 atom stereocenters. The highest BCUT2D eigenvalue weighted by Crippen LogP contribution is 2.12. The van der Waals surface area contributed by atoms with Crippen LogP contribution < -0.4 is 0 Å². The molecule has 1 unspecified atom stereocenters. The molecule has 0 rings (SSSR count). The van der Waals surface area contributed by atoms with Crippen molar-refractivity contribution in [2.75, 3.05) is 13.2 Å². The topological polar surface area (TPSA) is 78.9 Å². The van der Waals surface area contributed by atoms with Crippen molar-refractivity contribution in [3.63, 3.8) is 0 Å². The summed E-state index contributed by atoms with van der Waals surface area (Å²) in [7, 11) is 0. The van der Waals surface area contributed by atoms with Gasteiger partial charge in [0, 0.05) is 19.3 Å². The normalized spacial score (nSPS) is 12.6. The Hall–Kier alpha value is -2.89. The Balaban J connectivity index is 4.49. The van der Waals surface area contributed by atoms with Crippen LogP contribution in [0.3, 0.4) is 0 Å². The molecule has 0 heterocycles. The molecule has 6 nitrogen and oxygen atoms in total. The molecule has 0 N–H and O–H groups in total. The lowest BCUT2D eigenvalue weighted by Gasteiger charge is -2.18. The largest absolute Gasteiger partial charge is 0.462 e. The zero-order valence-corrected chi connectivity index (χ0v) is 32.4. The van der Waals surface area contributed by atoms with E-state index in [2.05, 4.69) is 69.4 Å². The monoisotopic (exact) mass is 699 g/mol. The van der Waals surface area contributed by atoms with Crippen LogP contribution in [0.15, 0.2) is 60.8 Å². The third-order valence-electron chi connectivity index (χ3n) is 8.25. The van der Waals surface area contributed by atoms with Crippen LogP contribution in [0.1, 0.15) is 181 Å². The minimum Gasteiger partial charge on any atom is -0.462 e. The number of carbonyl (C=O) groups is 3. The summed E-state index contributed by atoms with van der Waals surface area (Å²) in [5.74, 6) is -1.01. The Morgan fingerprint density at radius 3 is 1.42 bits per heavy atom. The maximum absolute atomic E-state index is 12.6. The predicted molar refractivity (Wildman–Crippen MR) is 210 cm³/mol. The fourth-order valence-electron chi connectivity index (χ4n) is 5.22. The molecule has 0 radical (unpaired) electrons. The summed E-state index contributed by atoms with van der Waals surface area (Å²) in [6, 6.07) is 0. The number of ether oxygens (including phenoxy) is 3. The second kappa shape index (κ2) is 38.9. The molecule has 286 valence electrons. The number of allylic oxidation sites excluding steroid dienone is 10. The summed E-state index contributed by atoms with van der Waals surface area (Å²) in [5.41, 5.74) is 0. The van der Waals surface area contributed by atoms with Gasteiger partial charge in [0.1, 0.15) is 13.2 Å². The lowest BCUT2D eigenvalue weighted by molar-refractivity contribution is -0.166. The van der Waals surface area contributed by atoms with Gasteiger partial charge in [-0.2, -0.15) is 0 Å². The molecule has 0 saturated heterocycles. The minimum absolute atomic E-state index is 0.0995. The van der Waals surface area contributed by atoms with Crippen molar-refractivity contribution in [2.45, 2.75) is 187 Å². The Labute approximate surface area is 307 Å². The van der Waals surface area contributed by atoms with Gasteiger partial charge in [0.15, 0.2) is 6.10 Å². The zero-order valence-electron chi connectivity index (χ0n) is 32.4. The van der Waals surface area contributed by atoms with E-state index in [1.54, 1.807) is 0 Å². The number of esters is 3. The van der Waals surface area contributed by atoms with Gasteiger partial charge in [-0.1, -0.05) is 159 Å². The second-order valence-corrected chi connectivity index (χ2v) is 13.2. The van der Waals surface area contributed by atoms with Gasteiger partial charge in [-0.05, 0) is 64.2 Å². The Morgan fingerprint density at radius 2 is 0.860 bits per heavy atom. The van der Waals surface area contributed by atoms with E-state index in [0.29, 0.717) is 19.3 Å². The summed E-state index contributed by atoms with van der Waals surface area (Å²) in [6.07, 6.45) is 45.1. The van der Waals surface area contributed by atoms with E-state index in [1.807, 2.05) is 12.2 Å². The Morgan fingerprint density at radius 1 is 0.420 bits per heavy atom. The Kier molecular flexibility index (Phi) is 36.7. The van der Waals surface area contributed by atoms with E-state index in [1.165, 1.54) is 51.4 Å². The number of unbranched alkanes of at least 4 members (excludes halogenated alkanes) is 14. The van der Waals surface area contributed by atoms with Crippen molar-refractivity contribution in [1.82, 2.24) is 0 Å². The first kappa shape index (κ1) is 47.1. The minimum atomic E-state index is -0.800. The third kappa shape index (κ3) is 36.4. The molecule has 0 bridgehead atoms. The highest BCUT2D eigenvalue weighted by atomic mass is 16.6. The summed E-state index contributed by atoms with van der Waals surface area (Å²) in [6.45, 7) is 6.33. The molecule has 0 spiro atoms. The first-order chi connectivity index (χ1) is 24.5. The quantitative estimate of drug-likeness (QED) is 0.0284. The fraction of sp³-hybridized carbons (Fsp3) is 0.705. The number of hydrogen-bond donors (Lipinski definition) is 0. The summed E-state index contributed by atoms with van der Waals surface area (Å²) >= 11 is 0. The molecule has 0 aromatic rings. The predicted octanol–water partition coefficient (Wildman–Crippen LogP) is 12.6. The van der Waals surface area contributed by atoms with Gasteiger partial charge in [0.05, 0.1) is 0 Å². The van der Waals surface area contributed by atoms with Crippen LogP contribution in [0, 0.1) is 0 Å². The number of rotatable bonds is 35. The van der Waals surface area contributed by atoms with Gasteiger partial charge in [-0.3, -0.25) is 14.4 Å². The van der Waals surface area contributed by atoms with Crippen LogP contribution in [0.5, 0.6) is 0 Å². The average Bonchev–Trinajstić information content (AvgIpc) is 3.11. The lowest BCUT2D eigenvalue weighted by Crippen LogP contribution is -2.30. The molecule has 50 heavy (non-hydrogen) atoms. The average molecular weight is 699 g/mol. The molecule has 0 aliphatic carbocycles. The summed E-state index contributed by atoms with van der Waals surface area (Å²) in [5, 5.41) is 0. The standard InChI is InChI=1S/C44H74O6/c1-4-7-10-13-16-19-21-22-23-26-28-31-34-37-43(46)49-40-41(39-48-42(45)36-33-30-27-24-18-15-12-9-6-3)50-44(47)38-35-32-29-25-20-17-14-11-8-5-2/h7,10-11,14,16,19,22-23,28,31,41H,4-6,8-9,12-13,15,17-18,20-21,24-27,29-30,32-40H2,1-3H3/b10-7-,14-11-,19-16-,23-22-,31-28-. The van der Waals surface area contributed by atoms with Gasteiger partial charge in [0.25, 0.3) is 0 Å². The SMILES string of the molecule is CC/C=C\C/C=C\C/C=C\C/C=C\CCC(=O)OCC(COC(=O)CCCCCCCCCCC)OC(=O)CCCCCCC/C=C\CCC. The van der Waals surface area contributed by atoms with Gasteiger partial charge in [-0.15, -0.1) is 0 Å². The highest BCUT2D eigenvalue weighted by molar-refractivity contribution is 5.71. The van der Waals surface area contributed by atoms with E-state index in [9.17, 15) is 14.4 Å². The number of hydrogen-bond acceptors (Lipinski definition) is 6. The van der Waals surface area contributed by atoms with Gasteiger partial charge < -0.3 is 14.2 Å². The van der Waals surface area contributed by atoms with E-state index in [-0.39, 0.29) is 37.5 Å². The molecule has 0 saturated carbocycles. The molecule has 0 fully saturated rings. The van der Waals surface area contributed by atoms with Crippen molar-refractivity contribution >= 4 is 17.9 Å². The zero-order chi connectivity index (χ0) is 36.6. The van der Waals surface area contributed by atoms with Crippen LogP contribution in [0.2, 0.25) is 0 Å². The first-order valence-corrected chi connectivity index (χ1v) is 20.3. The van der Waals surface area contributed by atoms with E-state index < -0.39 is 6.10 Å². The van der Waals surface area contributed by atoms with Crippen LogP contribution >= 0.6 is 0 Å². The molecular formula is C44H74O6. The fourth-order valence-corrected chi connectivity index (χ4v) is 5.22. The van der Waals surface area contributed by atoms with Gasteiger partial charge >= 0.3 is 17.9 Å². The molecule has 0 amide bonds. The van der Waals surface area contributed by atoms with Gasteiger partial charge in [0.2, 0.25) is 0 Å². The van der Waals surface area contributed by atoms with Crippen LogP contribution in [0.25, 0.3) is 0 Å². The summed E-state index contributed by atoms with van der Waals surface area (Å²) in [4.78, 5) is 37.4. The summed E-state index contributed by atoms with van der Waals surface area (Å²) < 4.78 is 16.5. The highest BCUT2D eigenvalue weighted by Gasteiger charge is 2.19. The van der Waals surface area contributed by atoms with Crippen LogP contribution in [-0.4, -0.2) is 37.2 Å². The molecule has 0 aliphatic heterocycles. The van der Waals surface area contributed by atoms with Crippen molar-refractivity contribution in [3.8, 4) is 0 Å². The number of carbonyl (C=O) groups excluding carboxylic acids is 3.